The average Bonchev–Trinajstić information content (AvgIpc) is 2.85. The van der Waals surface area contributed by atoms with E-state index in [0.29, 0.717) is 17.4 Å². The smallest absolute Gasteiger partial charge is 0.258 e. The number of rotatable bonds is 4. The molecular formula is C21H26N2O3S2. The Morgan fingerprint density at radius 2 is 1.89 bits per heavy atom. The molecular weight excluding hydrogens is 392 g/mol. The van der Waals surface area contributed by atoms with Crippen LogP contribution in [0.15, 0.2) is 58.3 Å². The molecule has 0 unspecified atom stereocenters. The van der Waals surface area contributed by atoms with Gasteiger partial charge in [-0.2, -0.15) is 4.31 Å². The lowest BCUT2D eigenvalue weighted by Gasteiger charge is -2.24. The third-order valence-corrected chi connectivity index (χ3v) is 8.24. The zero-order chi connectivity index (χ0) is 20.5. The summed E-state index contributed by atoms with van der Waals surface area (Å²) < 4.78 is 27.0. The number of thioether (sulfide) groups is 1. The van der Waals surface area contributed by atoms with E-state index < -0.39 is 10.0 Å². The number of carbonyl (C=O) groups excluding carboxylic acids is 1. The normalized spacial score (nSPS) is 17.5. The highest BCUT2D eigenvalue weighted by Gasteiger charge is 2.27. The average molecular weight is 419 g/mol. The van der Waals surface area contributed by atoms with Crippen molar-refractivity contribution in [1.82, 2.24) is 4.31 Å². The molecule has 5 nitrogen and oxygen atoms in total. The molecule has 0 spiro atoms. The SMILES string of the molecule is CC(C)N(C)S(=O)(=O)c1cccc(C(=O)N2CC[C@H](C)Sc3ccccc32)c1. The molecule has 0 fully saturated rings. The molecule has 150 valence electrons. The Balaban J connectivity index is 1.98. The predicted octanol–water partition coefficient (Wildman–Crippen LogP) is 4.25. The van der Waals surface area contributed by atoms with Crippen LogP contribution < -0.4 is 4.90 Å². The van der Waals surface area contributed by atoms with Gasteiger partial charge in [0.1, 0.15) is 0 Å². The molecule has 3 rings (SSSR count). The Kier molecular flexibility index (Phi) is 6.17. The predicted molar refractivity (Wildman–Crippen MR) is 115 cm³/mol. The molecule has 1 heterocycles. The number of fused-ring (bicyclic) bond motifs is 1. The summed E-state index contributed by atoms with van der Waals surface area (Å²) in [6, 6.07) is 14.1. The number of para-hydroxylation sites is 1. The molecule has 2 aromatic carbocycles. The largest absolute Gasteiger partial charge is 0.307 e. The second kappa shape index (κ2) is 8.27. The first-order chi connectivity index (χ1) is 13.2. The highest BCUT2D eigenvalue weighted by atomic mass is 32.2. The number of nitrogens with zero attached hydrogens (tertiary/aromatic N) is 2. The Labute approximate surface area is 171 Å². The van der Waals surface area contributed by atoms with Crippen LogP contribution >= 0.6 is 11.8 Å². The van der Waals surface area contributed by atoms with Gasteiger partial charge in [-0.1, -0.05) is 25.1 Å². The van der Waals surface area contributed by atoms with Crippen LogP contribution in [0.1, 0.15) is 37.6 Å². The molecule has 1 aliphatic rings. The summed E-state index contributed by atoms with van der Waals surface area (Å²) in [5.41, 5.74) is 1.27. The maximum absolute atomic E-state index is 13.3. The number of anilines is 1. The summed E-state index contributed by atoms with van der Waals surface area (Å²) in [4.78, 5) is 16.3. The van der Waals surface area contributed by atoms with Crippen LogP contribution in [0.25, 0.3) is 0 Å². The highest BCUT2D eigenvalue weighted by Crippen LogP contribution is 2.38. The van der Waals surface area contributed by atoms with Crippen molar-refractivity contribution in [2.45, 2.75) is 48.3 Å². The van der Waals surface area contributed by atoms with Crippen molar-refractivity contribution >= 4 is 33.4 Å². The molecule has 0 N–H and O–H groups in total. The lowest BCUT2D eigenvalue weighted by atomic mass is 10.1. The van der Waals surface area contributed by atoms with Gasteiger partial charge in [0.2, 0.25) is 10.0 Å². The molecule has 0 saturated carbocycles. The van der Waals surface area contributed by atoms with Crippen LogP contribution in [0.2, 0.25) is 0 Å². The monoisotopic (exact) mass is 418 g/mol. The van der Waals surface area contributed by atoms with E-state index in [2.05, 4.69) is 6.92 Å². The van der Waals surface area contributed by atoms with Crippen LogP contribution in [-0.2, 0) is 10.0 Å². The topological polar surface area (TPSA) is 57.7 Å². The van der Waals surface area contributed by atoms with E-state index in [0.717, 1.165) is 17.0 Å². The van der Waals surface area contributed by atoms with Crippen molar-refractivity contribution in [2.24, 2.45) is 0 Å². The van der Waals surface area contributed by atoms with E-state index in [4.69, 9.17) is 0 Å². The van der Waals surface area contributed by atoms with Gasteiger partial charge in [-0.15, -0.1) is 11.8 Å². The second-order valence-electron chi connectivity index (χ2n) is 7.28. The molecule has 0 bridgehead atoms. The highest BCUT2D eigenvalue weighted by molar-refractivity contribution is 8.00. The van der Waals surface area contributed by atoms with Gasteiger partial charge in [0.25, 0.3) is 5.91 Å². The van der Waals surface area contributed by atoms with Gasteiger partial charge >= 0.3 is 0 Å². The van der Waals surface area contributed by atoms with Gasteiger partial charge in [-0.3, -0.25) is 4.79 Å². The van der Waals surface area contributed by atoms with Gasteiger partial charge in [-0.05, 0) is 50.6 Å². The molecule has 7 heteroatoms. The minimum Gasteiger partial charge on any atom is -0.307 e. The van der Waals surface area contributed by atoms with Crippen LogP contribution in [0.5, 0.6) is 0 Å². The van der Waals surface area contributed by atoms with Crippen molar-refractivity contribution < 1.29 is 13.2 Å². The van der Waals surface area contributed by atoms with Gasteiger partial charge in [0.05, 0.1) is 10.6 Å². The molecule has 0 aromatic heterocycles. The standard InChI is InChI=1S/C21H26N2O3S2/c1-15(2)22(4)28(25,26)18-9-7-8-17(14-18)21(24)23-13-12-16(3)27-20-11-6-5-10-19(20)23/h5-11,14-16H,12-13H2,1-4H3/t16-/m0/s1. The molecule has 2 aromatic rings. The number of sulfonamides is 1. The lowest BCUT2D eigenvalue weighted by molar-refractivity contribution is 0.0986. The van der Waals surface area contributed by atoms with E-state index in [1.807, 2.05) is 38.1 Å². The third kappa shape index (κ3) is 4.11. The Bertz CT molecular complexity index is 973. The fourth-order valence-electron chi connectivity index (χ4n) is 3.09. The first-order valence-corrected chi connectivity index (χ1v) is 11.7. The zero-order valence-electron chi connectivity index (χ0n) is 16.6. The van der Waals surface area contributed by atoms with Gasteiger partial charge < -0.3 is 4.90 Å². The van der Waals surface area contributed by atoms with Crippen molar-refractivity contribution in [2.75, 3.05) is 18.5 Å². The summed E-state index contributed by atoms with van der Waals surface area (Å²) in [5.74, 6) is -0.175. The van der Waals surface area contributed by atoms with Crippen LogP contribution in [0.4, 0.5) is 5.69 Å². The first-order valence-electron chi connectivity index (χ1n) is 9.37. The summed E-state index contributed by atoms with van der Waals surface area (Å²) in [6.07, 6.45) is 0.874. The van der Waals surface area contributed by atoms with Crippen LogP contribution in [0, 0.1) is 0 Å². The number of amides is 1. The minimum atomic E-state index is -3.64. The number of hydrogen-bond acceptors (Lipinski definition) is 4. The van der Waals surface area contributed by atoms with Crippen molar-refractivity contribution in [1.29, 1.82) is 0 Å². The molecule has 0 saturated heterocycles. The van der Waals surface area contributed by atoms with Crippen LogP contribution in [0.3, 0.4) is 0 Å². The Hall–Kier alpha value is -1.83. The molecule has 1 amide bonds. The number of benzene rings is 2. The molecule has 1 aliphatic heterocycles. The number of carbonyl (C=O) groups is 1. The van der Waals surface area contributed by atoms with E-state index in [9.17, 15) is 13.2 Å². The Morgan fingerprint density at radius 1 is 1.18 bits per heavy atom. The quantitative estimate of drug-likeness (QED) is 0.745. The Morgan fingerprint density at radius 3 is 2.61 bits per heavy atom. The summed E-state index contributed by atoms with van der Waals surface area (Å²) in [6.45, 7) is 6.40. The fraction of sp³-hybridized carbons (Fsp3) is 0.381. The molecule has 0 aliphatic carbocycles. The minimum absolute atomic E-state index is 0.139. The van der Waals surface area contributed by atoms with Gasteiger partial charge in [-0.25, -0.2) is 8.42 Å². The molecule has 0 radical (unpaired) electrons. The fourth-order valence-corrected chi connectivity index (χ4v) is 5.61. The summed E-state index contributed by atoms with van der Waals surface area (Å²) >= 11 is 1.77. The molecule has 28 heavy (non-hydrogen) atoms. The maximum atomic E-state index is 13.3. The third-order valence-electron chi connectivity index (χ3n) is 4.97. The van der Waals surface area contributed by atoms with Crippen molar-refractivity contribution in [3.63, 3.8) is 0 Å². The van der Waals surface area contributed by atoms with E-state index in [1.54, 1.807) is 41.9 Å². The number of hydrogen-bond donors (Lipinski definition) is 0. The zero-order valence-corrected chi connectivity index (χ0v) is 18.3. The van der Waals surface area contributed by atoms with E-state index in [1.165, 1.54) is 10.4 Å². The van der Waals surface area contributed by atoms with E-state index in [-0.39, 0.29) is 16.8 Å². The van der Waals surface area contributed by atoms with Gasteiger partial charge in [0.15, 0.2) is 0 Å². The first kappa shape index (κ1) is 20.9. The van der Waals surface area contributed by atoms with Gasteiger partial charge in [0, 0.05) is 35.3 Å². The summed E-state index contributed by atoms with van der Waals surface area (Å²) in [5, 5.41) is 0.408. The molecule has 1 atom stereocenters. The van der Waals surface area contributed by atoms with Crippen molar-refractivity contribution in [3.05, 3.63) is 54.1 Å². The lowest BCUT2D eigenvalue weighted by Crippen LogP contribution is -2.34. The maximum Gasteiger partial charge on any atom is 0.258 e. The summed E-state index contributed by atoms with van der Waals surface area (Å²) in [7, 11) is -2.09. The van der Waals surface area contributed by atoms with Crippen LogP contribution in [-0.4, -0.2) is 43.5 Å². The second-order valence-corrected chi connectivity index (χ2v) is 10.8. The van der Waals surface area contributed by atoms with E-state index >= 15 is 0 Å². The van der Waals surface area contributed by atoms with Crippen molar-refractivity contribution in [3.8, 4) is 0 Å².